The molecule has 0 aromatic rings. The smallest absolute Gasteiger partial charge is 0.220 e. The van der Waals surface area contributed by atoms with E-state index in [2.05, 4.69) is 67.8 Å². The average molecular weight is 586 g/mol. The number of nitrogens with one attached hydrogen (secondary N) is 1. The zero-order valence-corrected chi connectivity index (χ0v) is 27.5. The summed E-state index contributed by atoms with van der Waals surface area (Å²) in [5.74, 6) is -0.0885. The molecule has 4 heteroatoms. The van der Waals surface area contributed by atoms with Crippen molar-refractivity contribution in [2.24, 2.45) is 0 Å². The molecule has 0 fully saturated rings. The van der Waals surface area contributed by atoms with E-state index in [9.17, 15) is 15.0 Å². The number of unbranched alkanes of at least 4 members (excludes halogenated alkanes) is 15. The lowest BCUT2D eigenvalue weighted by Gasteiger charge is -2.19. The van der Waals surface area contributed by atoms with Crippen molar-refractivity contribution < 1.29 is 15.0 Å². The van der Waals surface area contributed by atoms with Crippen LogP contribution in [0.3, 0.4) is 0 Å². The van der Waals surface area contributed by atoms with Crippen LogP contribution in [0.1, 0.15) is 155 Å². The zero-order chi connectivity index (χ0) is 30.8. The van der Waals surface area contributed by atoms with Crippen LogP contribution in [0, 0.1) is 0 Å². The summed E-state index contributed by atoms with van der Waals surface area (Å²) in [7, 11) is 0. The fourth-order valence-corrected chi connectivity index (χ4v) is 4.71. The van der Waals surface area contributed by atoms with E-state index >= 15 is 0 Å². The second kappa shape index (κ2) is 33.6. The van der Waals surface area contributed by atoms with Crippen molar-refractivity contribution in [3.05, 3.63) is 60.8 Å². The normalized spacial score (nSPS) is 13.9. The minimum atomic E-state index is -0.870. The first-order valence-electron chi connectivity index (χ1n) is 17.5. The summed E-state index contributed by atoms with van der Waals surface area (Å²) in [5.41, 5.74) is 0. The van der Waals surface area contributed by atoms with Gasteiger partial charge in [-0.2, -0.15) is 0 Å². The van der Waals surface area contributed by atoms with Crippen LogP contribution in [0.25, 0.3) is 0 Å². The molecule has 0 spiro atoms. The molecular formula is C38H67NO3. The molecule has 0 aliphatic heterocycles. The number of hydrogen-bond donors (Lipinski definition) is 3. The molecule has 242 valence electrons. The van der Waals surface area contributed by atoms with Crippen LogP contribution in [0.15, 0.2) is 60.8 Å². The number of rotatable bonds is 30. The lowest BCUT2D eigenvalue weighted by Crippen LogP contribution is -2.45. The standard InChI is InChI=1S/C38H67NO3/c1-3-5-7-9-11-13-15-16-17-18-19-20-21-22-24-26-28-30-32-34-38(42)39-36(35-40)37(41)33-31-29-27-25-23-14-12-10-8-6-4-2/h8,10-11,13,16-17,23,25,31,33,36-37,40-41H,3-7,9,12,14-15,18-22,24,26-30,32,34-35H2,1-2H3,(H,39,42)/b10-8+,13-11-,17-16-,25-23+,33-31+. The summed E-state index contributed by atoms with van der Waals surface area (Å²) in [4.78, 5) is 12.3. The molecular weight excluding hydrogens is 518 g/mol. The highest BCUT2D eigenvalue weighted by molar-refractivity contribution is 5.76. The maximum Gasteiger partial charge on any atom is 0.220 e. The van der Waals surface area contributed by atoms with Gasteiger partial charge < -0.3 is 15.5 Å². The molecule has 2 unspecified atom stereocenters. The van der Waals surface area contributed by atoms with Crippen LogP contribution in [-0.4, -0.2) is 34.9 Å². The SMILES string of the molecule is CCC/C=C/CC/C=C/CC/C=C/C(O)C(CO)NC(=O)CCCCCCCCCCC/C=C\C/C=C\CCCCC. The van der Waals surface area contributed by atoms with Crippen LogP contribution in [0.2, 0.25) is 0 Å². The molecule has 0 bridgehead atoms. The molecule has 0 radical (unpaired) electrons. The van der Waals surface area contributed by atoms with Gasteiger partial charge in [-0.25, -0.2) is 0 Å². The number of carbonyl (C=O) groups is 1. The van der Waals surface area contributed by atoms with Gasteiger partial charge in [0.25, 0.3) is 0 Å². The predicted molar refractivity (Wildman–Crippen MR) is 184 cm³/mol. The number of carbonyl (C=O) groups excluding carboxylic acids is 1. The number of hydrogen-bond acceptors (Lipinski definition) is 3. The Morgan fingerprint density at radius 1 is 0.571 bits per heavy atom. The van der Waals surface area contributed by atoms with Gasteiger partial charge in [-0.05, 0) is 70.6 Å². The van der Waals surface area contributed by atoms with Crippen molar-refractivity contribution in [1.29, 1.82) is 0 Å². The maximum absolute atomic E-state index is 12.3. The van der Waals surface area contributed by atoms with E-state index in [0.29, 0.717) is 6.42 Å². The Morgan fingerprint density at radius 3 is 1.60 bits per heavy atom. The molecule has 0 aromatic heterocycles. The van der Waals surface area contributed by atoms with Crippen LogP contribution in [0.4, 0.5) is 0 Å². The van der Waals surface area contributed by atoms with E-state index in [1.807, 2.05) is 6.08 Å². The molecule has 4 nitrogen and oxygen atoms in total. The van der Waals surface area contributed by atoms with Crippen molar-refractivity contribution in [2.75, 3.05) is 6.61 Å². The third kappa shape index (κ3) is 29.6. The minimum Gasteiger partial charge on any atom is -0.394 e. The molecule has 0 aliphatic carbocycles. The molecule has 0 aliphatic rings. The quantitative estimate of drug-likeness (QED) is 0.0580. The first kappa shape index (κ1) is 40.1. The summed E-state index contributed by atoms with van der Waals surface area (Å²) < 4.78 is 0. The van der Waals surface area contributed by atoms with Gasteiger partial charge in [-0.15, -0.1) is 0 Å². The van der Waals surface area contributed by atoms with E-state index in [-0.39, 0.29) is 12.5 Å². The van der Waals surface area contributed by atoms with E-state index < -0.39 is 12.1 Å². The van der Waals surface area contributed by atoms with Crippen molar-refractivity contribution in [2.45, 2.75) is 167 Å². The van der Waals surface area contributed by atoms with Gasteiger partial charge in [0.05, 0.1) is 18.8 Å². The van der Waals surface area contributed by atoms with Crippen LogP contribution in [-0.2, 0) is 4.79 Å². The van der Waals surface area contributed by atoms with Gasteiger partial charge in [-0.1, -0.05) is 139 Å². The Balaban J connectivity index is 3.68. The average Bonchev–Trinajstić information content (AvgIpc) is 2.99. The summed E-state index contributed by atoms with van der Waals surface area (Å²) in [6.07, 6.45) is 45.9. The Bertz CT molecular complexity index is 722. The van der Waals surface area contributed by atoms with Crippen LogP contribution < -0.4 is 5.32 Å². The second-order valence-corrected chi connectivity index (χ2v) is 11.6. The first-order valence-corrected chi connectivity index (χ1v) is 17.5. The number of allylic oxidation sites excluding steroid dienone is 9. The zero-order valence-electron chi connectivity index (χ0n) is 27.5. The molecule has 0 saturated heterocycles. The number of amides is 1. The van der Waals surface area contributed by atoms with Crippen molar-refractivity contribution in [3.8, 4) is 0 Å². The summed E-state index contributed by atoms with van der Waals surface area (Å²) in [5, 5.41) is 22.8. The molecule has 0 rings (SSSR count). The fraction of sp³-hybridized carbons (Fsp3) is 0.711. The molecule has 1 amide bonds. The monoisotopic (exact) mass is 586 g/mol. The van der Waals surface area contributed by atoms with E-state index in [1.54, 1.807) is 6.08 Å². The minimum absolute atomic E-state index is 0.0885. The Kier molecular flexibility index (Phi) is 32.1. The molecule has 0 aromatic carbocycles. The van der Waals surface area contributed by atoms with Crippen LogP contribution in [0.5, 0.6) is 0 Å². The molecule has 42 heavy (non-hydrogen) atoms. The third-order valence-electron chi connectivity index (χ3n) is 7.43. The van der Waals surface area contributed by atoms with E-state index in [1.165, 1.54) is 83.5 Å². The maximum atomic E-state index is 12.3. The van der Waals surface area contributed by atoms with Gasteiger partial charge in [-0.3, -0.25) is 4.79 Å². The van der Waals surface area contributed by atoms with E-state index in [4.69, 9.17) is 0 Å². The van der Waals surface area contributed by atoms with Gasteiger partial charge in [0, 0.05) is 6.42 Å². The van der Waals surface area contributed by atoms with Gasteiger partial charge in [0.15, 0.2) is 0 Å². The molecule has 0 saturated carbocycles. The van der Waals surface area contributed by atoms with Crippen molar-refractivity contribution in [1.82, 2.24) is 5.32 Å². The topological polar surface area (TPSA) is 69.6 Å². The molecule has 3 N–H and O–H groups in total. The second-order valence-electron chi connectivity index (χ2n) is 11.6. The summed E-state index contributed by atoms with van der Waals surface area (Å²) in [6, 6.07) is -0.646. The number of aliphatic hydroxyl groups excluding tert-OH is 2. The lowest BCUT2D eigenvalue weighted by atomic mass is 10.1. The summed E-state index contributed by atoms with van der Waals surface area (Å²) >= 11 is 0. The van der Waals surface area contributed by atoms with Gasteiger partial charge in [0.2, 0.25) is 5.91 Å². The fourth-order valence-electron chi connectivity index (χ4n) is 4.71. The highest BCUT2D eigenvalue weighted by Gasteiger charge is 2.17. The van der Waals surface area contributed by atoms with Gasteiger partial charge >= 0.3 is 0 Å². The van der Waals surface area contributed by atoms with Crippen LogP contribution >= 0.6 is 0 Å². The summed E-state index contributed by atoms with van der Waals surface area (Å²) in [6.45, 7) is 4.17. The first-order chi connectivity index (χ1) is 20.7. The van der Waals surface area contributed by atoms with Gasteiger partial charge in [0.1, 0.15) is 0 Å². The Hall–Kier alpha value is -1.91. The number of aliphatic hydroxyl groups is 2. The highest BCUT2D eigenvalue weighted by Crippen LogP contribution is 2.12. The van der Waals surface area contributed by atoms with Crippen molar-refractivity contribution in [3.63, 3.8) is 0 Å². The molecule has 0 heterocycles. The highest BCUT2D eigenvalue weighted by atomic mass is 16.3. The Labute approximate surface area is 260 Å². The Morgan fingerprint density at radius 2 is 1.05 bits per heavy atom. The predicted octanol–water partition coefficient (Wildman–Crippen LogP) is 10.2. The largest absolute Gasteiger partial charge is 0.394 e. The van der Waals surface area contributed by atoms with E-state index in [0.717, 1.165) is 51.4 Å². The van der Waals surface area contributed by atoms with Crippen molar-refractivity contribution >= 4 is 5.91 Å². The lowest BCUT2D eigenvalue weighted by molar-refractivity contribution is -0.123. The molecule has 2 atom stereocenters. The third-order valence-corrected chi connectivity index (χ3v) is 7.43.